The van der Waals surface area contributed by atoms with E-state index >= 15 is 0 Å². The molecule has 1 saturated heterocycles. The standard InChI is InChI=1S/C21H21ClF4N4O3/c22-16-3-2-15(8-17(16)23)33-11-19(31)30-13-1-4-18(28-9-13)20(32)29-10-14-7-12(5-6-27-14)21(24,25)26/h2-3,5-8,13,18,28H,1,4,9-11H2,(H,29,32)(H,30,31)/t13?,18-/m1/s1. The summed E-state index contributed by atoms with van der Waals surface area (Å²) >= 11 is 5.59. The van der Waals surface area contributed by atoms with Crippen molar-refractivity contribution in [1.29, 1.82) is 0 Å². The molecule has 0 radical (unpaired) electrons. The highest BCUT2D eigenvalue weighted by molar-refractivity contribution is 6.30. The Hall–Kier alpha value is -2.92. The number of nitrogens with one attached hydrogen (secondary N) is 3. The molecule has 2 amide bonds. The van der Waals surface area contributed by atoms with Crippen molar-refractivity contribution in [3.05, 3.63) is 58.6 Å². The fraction of sp³-hybridized carbons (Fsp3) is 0.381. The normalized spacial score (nSPS) is 18.5. The number of piperidine rings is 1. The highest BCUT2D eigenvalue weighted by Gasteiger charge is 2.31. The molecule has 3 N–H and O–H groups in total. The number of aromatic nitrogens is 1. The van der Waals surface area contributed by atoms with Gasteiger partial charge in [-0.1, -0.05) is 11.6 Å². The lowest BCUT2D eigenvalue weighted by Crippen LogP contribution is -2.54. The molecule has 2 atom stereocenters. The zero-order valence-corrected chi connectivity index (χ0v) is 18.0. The van der Waals surface area contributed by atoms with E-state index in [0.717, 1.165) is 24.4 Å². The van der Waals surface area contributed by atoms with Gasteiger partial charge in [0, 0.05) is 24.8 Å². The Balaban J connectivity index is 1.38. The summed E-state index contributed by atoms with van der Waals surface area (Å²) in [6, 6.07) is 4.81. The Morgan fingerprint density at radius 1 is 1.21 bits per heavy atom. The van der Waals surface area contributed by atoms with Gasteiger partial charge in [-0.15, -0.1) is 0 Å². The van der Waals surface area contributed by atoms with Crippen molar-refractivity contribution >= 4 is 23.4 Å². The zero-order chi connectivity index (χ0) is 24.0. The van der Waals surface area contributed by atoms with E-state index in [9.17, 15) is 27.2 Å². The number of amides is 2. The summed E-state index contributed by atoms with van der Waals surface area (Å²) in [4.78, 5) is 28.2. The number of pyridine rings is 1. The lowest BCUT2D eigenvalue weighted by atomic mass is 10.00. The summed E-state index contributed by atoms with van der Waals surface area (Å²) in [5.74, 6) is -1.26. The van der Waals surface area contributed by atoms with Gasteiger partial charge < -0.3 is 20.7 Å². The van der Waals surface area contributed by atoms with Crippen LogP contribution in [-0.4, -0.2) is 42.0 Å². The van der Waals surface area contributed by atoms with Gasteiger partial charge in [-0.3, -0.25) is 14.6 Å². The quantitative estimate of drug-likeness (QED) is 0.521. The third-order valence-corrected chi connectivity index (χ3v) is 5.25. The van der Waals surface area contributed by atoms with Crippen LogP contribution in [0, 0.1) is 5.82 Å². The molecule has 7 nitrogen and oxygen atoms in total. The van der Waals surface area contributed by atoms with Crippen LogP contribution >= 0.6 is 11.6 Å². The number of halogens is 5. The Bertz CT molecular complexity index is 998. The number of carbonyl (C=O) groups excluding carboxylic acids is 2. The highest BCUT2D eigenvalue weighted by atomic mass is 35.5. The maximum atomic E-state index is 13.4. The van der Waals surface area contributed by atoms with Crippen LogP contribution in [0.15, 0.2) is 36.5 Å². The average Bonchev–Trinajstić information content (AvgIpc) is 2.78. The van der Waals surface area contributed by atoms with Crippen LogP contribution in [0.3, 0.4) is 0 Å². The number of alkyl halides is 3. The summed E-state index contributed by atoms with van der Waals surface area (Å²) < 4.78 is 56.9. The van der Waals surface area contributed by atoms with E-state index < -0.39 is 29.5 Å². The van der Waals surface area contributed by atoms with E-state index in [1.807, 2.05) is 0 Å². The van der Waals surface area contributed by atoms with E-state index in [1.54, 1.807) is 0 Å². The minimum Gasteiger partial charge on any atom is -0.484 e. The molecule has 12 heteroatoms. The van der Waals surface area contributed by atoms with E-state index in [1.165, 1.54) is 12.1 Å². The molecular weight excluding hydrogens is 468 g/mol. The Morgan fingerprint density at radius 3 is 2.67 bits per heavy atom. The maximum Gasteiger partial charge on any atom is 0.416 e. The molecular formula is C21H21ClF4N4O3. The van der Waals surface area contributed by atoms with Crippen LogP contribution in [-0.2, 0) is 22.3 Å². The van der Waals surface area contributed by atoms with Crippen molar-refractivity contribution in [1.82, 2.24) is 20.9 Å². The molecule has 3 rings (SSSR count). The van der Waals surface area contributed by atoms with Gasteiger partial charge in [0.25, 0.3) is 5.91 Å². The van der Waals surface area contributed by atoms with Gasteiger partial charge >= 0.3 is 6.18 Å². The highest BCUT2D eigenvalue weighted by Crippen LogP contribution is 2.29. The lowest BCUT2D eigenvalue weighted by molar-refractivity contribution is -0.137. The molecule has 1 fully saturated rings. The van der Waals surface area contributed by atoms with Gasteiger partial charge in [0.2, 0.25) is 5.91 Å². The summed E-state index contributed by atoms with van der Waals surface area (Å²) in [6.45, 7) is -0.129. The van der Waals surface area contributed by atoms with Gasteiger partial charge in [-0.2, -0.15) is 13.2 Å². The topological polar surface area (TPSA) is 92.3 Å². The van der Waals surface area contributed by atoms with Gasteiger partial charge in [0.05, 0.1) is 28.9 Å². The molecule has 0 spiro atoms. The number of rotatable bonds is 7. The first-order chi connectivity index (χ1) is 15.6. The first-order valence-electron chi connectivity index (χ1n) is 10.0. The smallest absolute Gasteiger partial charge is 0.416 e. The predicted octanol–water partition coefficient (Wildman–Crippen LogP) is 2.82. The zero-order valence-electron chi connectivity index (χ0n) is 17.2. The second-order valence-electron chi connectivity index (χ2n) is 7.42. The average molecular weight is 489 g/mol. The van der Waals surface area contributed by atoms with Crippen molar-refractivity contribution < 1.29 is 31.9 Å². The van der Waals surface area contributed by atoms with Crippen molar-refractivity contribution in [2.45, 2.75) is 37.6 Å². The third-order valence-electron chi connectivity index (χ3n) is 4.94. The van der Waals surface area contributed by atoms with Crippen LogP contribution < -0.4 is 20.7 Å². The maximum absolute atomic E-state index is 13.4. The fourth-order valence-corrected chi connectivity index (χ4v) is 3.36. The SMILES string of the molecule is O=C(COc1ccc(Cl)c(F)c1)NC1CC[C@H](C(=O)NCc2cc(C(F)(F)F)ccn2)NC1. The minimum atomic E-state index is -4.48. The summed E-state index contributed by atoms with van der Waals surface area (Å²) in [5, 5.41) is 8.28. The molecule has 0 bridgehead atoms. The van der Waals surface area contributed by atoms with Crippen molar-refractivity contribution in [2.75, 3.05) is 13.2 Å². The molecule has 33 heavy (non-hydrogen) atoms. The second-order valence-corrected chi connectivity index (χ2v) is 7.83. The third kappa shape index (κ3) is 7.29. The Labute approximate surface area is 191 Å². The molecule has 0 aliphatic carbocycles. The Morgan fingerprint density at radius 2 is 2.00 bits per heavy atom. The van der Waals surface area contributed by atoms with Crippen LogP contribution in [0.1, 0.15) is 24.1 Å². The van der Waals surface area contributed by atoms with Gasteiger partial charge in [-0.05, 0) is 37.1 Å². The van der Waals surface area contributed by atoms with E-state index in [0.29, 0.717) is 19.4 Å². The number of benzene rings is 1. The van der Waals surface area contributed by atoms with E-state index in [4.69, 9.17) is 16.3 Å². The minimum absolute atomic E-state index is 0.0511. The Kier molecular flexibility index (Phi) is 8.09. The molecule has 2 aromatic rings. The van der Waals surface area contributed by atoms with E-state index in [-0.39, 0.29) is 41.6 Å². The summed E-state index contributed by atoms with van der Waals surface area (Å²) in [7, 11) is 0. The number of hydrogen-bond acceptors (Lipinski definition) is 5. The number of nitrogens with zero attached hydrogens (tertiary/aromatic N) is 1. The van der Waals surface area contributed by atoms with Crippen LogP contribution in [0.2, 0.25) is 5.02 Å². The number of hydrogen-bond donors (Lipinski definition) is 3. The summed E-state index contributed by atoms with van der Waals surface area (Å²) in [6.07, 6.45) is -2.52. The first kappa shape index (κ1) is 24.7. The molecule has 1 aliphatic rings. The molecule has 2 heterocycles. The molecule has 1 aromatic heterocycles. The largest absolute Gasteiger partial charge is 0.484 e. The van der Waals surface area contributed by atoms with Crippen molar-refractivity contribution in [2.24, 2.45) is 0 Å². The van der Waals surface area contributed by atoms with Crippen LogP contribution in [0.5, 0.6) is 5.75 Å². The van der Waals surface area contributed by atoms with Gasteiger partial charge in [-0.25, -0.2) is 4.39 Å². The number of carbonyl (C=O) groups is 2. The summed E-state index contributed by atoms with van der Waals surface area (Å²) in [5.41, 5.74) is -0.735. The first-order valence-corrected chi connectivity index (χ1v) is 10.4. The molecule has 178 valence electrons. The van der Waals surface area contributed by atoms with Crippen molar-refractivity contribution in [3.8, 4) is 5.75 Å². The second kappa shape index (κ2) is 10.8. The van der Waals surface area contributed by atoms with Gasteiger partial charge in [0.1, 0.15) is 11.6 Å². The van der Waals surface area contributed by atoms with Gasteiger partial charge in [0.15, 0.2) is 6.61 Å². The monoisotopic (exact) mass is 488 g/mol. The predicted molar refractivity (Wildman–Crippen MR) is 111 cm³/mol. The number of ether oxygens (including phenoxy) is 1. The lowest BCUT2D eigenvalue weighted by Gasteiger charge is -2.29. The van der Waals surface area contributed by atoms with Crippen LogP contribution in [0.4, 0.5) is 17.6 Å². The molecule has 1 aliphatic heterocycles. The fourth-order valence-electron chi connectivity index (χ4n) is 3.24. The van der Waals surface area contributed by atoms with E-state index in [2.05, 4.69) is 20.9 Å². The van der Waals surface area contributed by atoms with Crippen molar-refractivity contribution in [3.63, 3.8) is 0 Å². The molecule has 1 aromatic carbocycles. The molecule has 0 saturated carbocycles. The van der Waals surface area contributed by atoms with Crippen LogP contribution in [0.25, 0.3) is 0 Å². The molecule has 1 unspecified atom stereocenters.